The number of hydrogen-bond donors (Lipinski definition) is 1. The molecule has 0 unspecified atom stereocenters. The predicted molar refractivity (Wildman–Crippen MR) is 112 cm³/mol. The van der Waals surface area contributed by atoms with Gasteiger partial charge in [0.25, 0.3) is 0 Å². The van der Waals surface area contributed by atoms with Crippen LogP contribution in [0.3, 0.4) is 0 Å². The minimum Gasteiger partial charge on any atom is -0.488 e. The molecule has 0 fully saturated rings. The molecule has 0 bridgehead atoms. The lowest BCUT2D eigenvalue weighted by molar-refractivity contribution is 0.307. The van der Waals surface area contributed by atoms with Crippen LogP contribution in [0.1, 0.15) is 11.1 Å². The minimum absolute atomic E-state index is 0.512. The van der Waals surface area contributed by atoms with Crippen molar-refractivity contribution in [2.45, 2.75) is 6.61 Å². The summed E-state index contributed by atoms with van der Waals surface area (Å²) in [6.07, 6.45) is 1.78. The Morgan fingerprint density at radius 3 is 2.41 bits per heavy atom. The molecule has 132 valence electrons. The van der Waals surface area contributed by atoms with Crippen LogP contribution in [-0.4, -0.2) is 6.21 Å². The van der Waals surface area contributed by atoms with Crippen LogP contribution >= 0.6 is 0 Å². The summed E-state index contributed by atoms with van der Waals surface area (Å²) in [5.41, 5.74) is 6.08. The van der Waals surface area contributed by atoms with Gasteiger partial charge in [-0.1, -0.05) is 72.8 Å². The van der Waals surface area contributed by atoms with Crippen LogP contribution < -0.4 is 10.2 Å². The van der Waals surface area contributed by atoms with Crippen molar-refractivity contribution in [3.05, 3.63) is 108 Å². The average Bonchev–Trinajstić information content (AvgIpc) is 2.74. The van der Waals surface area contributed by atoms with E-state index >= 15 is 0 Å². The van der Waals surface area contributed by atoms with E-state index in [0.717, 1.165) is 17.0 Å². The summed E-state index contributed by atoms with van der Waals surface area (Å²) < 4.78 is 6.12. The molecule has 0 spiro atoms. The number of nitrogens with one attached hydrogen (secondary N) is 1. The fraction of sp³-hybridized carbons (Fsp3) is 0.0417. The molecule has 0 heterocycles. The molecule has 4 aromatic rings. The third-order valence-corrected chi connectivity index (χ3v) is 4.35. The van der Waals surface area contributed by atoms with Crippen molar-refractivity contribution >= 4 is 22.7 Å². The van der Waals surface area contributed by atoms with E-state index in [9.17, 15) is 0 Å². The highest BCUT2D eigenvalue weighted by molar-refractivity contribution is 5.86. The van der Waals surface area contributed by atoms with Crippen molar-refractivity contribution in [2.75, 3.05) is 5.43 Å². The van der Waals surface area contributed by atoms with Crippen LogP contribution in [0.15, 0.2) is 102 Å². The van der Waals surface area contributed by atoms with Gasteiger partial charge in [0, 0.05) is 5.56 Å². The van der Waals surface area contributed by atoms with Gasteiger partial charge in [-0.05, 0) is 40.6 Å². The summed E-state index contributed by atoms with van der Waals surface area (Å²) in [5, 5.41) is 6.76. The molecule has 0 aliphatic rings. The number of fused-ring (bicyclic) bond motifs is 1. The number of ether oxygens (including phenoxy) is 1. The zero-order chi connectivity index (χ0) is 18.3. The molecule has 3 heteroatoms. The average molecular weight is 352 g/mol. The largest absolute Gasteiger partial charge is 0.488 e. The predicted octanol–water partition coefficient (Wildman–Crippen LogP) is 5.86. The Bertz CT molecular complexity index is 1050. The fourth-order valence-electron chi connectivity index (χ4n) is 2.98. The number of nitrogens with zero attached hydrogens (tertiary/aromatic N) is 1. The molecule has 0 radical (unpaired) electrons. The highest BCUT2D eigenvalue weighted by atomic mass is 16.5. The van der Waals surface area contributed by atoms with E-state index in [4.69, 9.17) is 4.74 Å². The number of anilines is 1. The van der Waals surface area contributed by atoms with Gasteiger partial charge in [0.2, 0.25) is 0 Å². The van der Waals surface area contributed by atoms with E-state index < -0.39 is 0 Å². The van der Waals surface area contributed by atoms with Gasteiger partial charge in [-0.3, -0.25) is 5.43 Å². The van der Waals surface area contributed by atoms with Crippen LogP contribution in [0, 0.1) is 0 Å². The molecule has 0 aliphatic heterocycles. The zero-order valence-electron chi connectivity index (χ0n) is 14.9. The first-order valence-electron chi connectivity index (χ1n) is 8.93. The second kappa shape index (κ2) is 8.19. The lowest BCUT2D eigenvalue weighted by Gasteiger charge is -2.11. The standard InChI is InChI=1S/C24H20N2O/c1-2-13-22(14-3-1)26-25-17-20-10-5-7-16-24(20)27-18-21-12-8-11-19-9-4-6-15-23(19)21/h1-17,26H,18H2/b25-17-. The third-order valence-electron chi connectivity index (χ3n) is 4.35. The Labute approximate surface area is 158 Å². The maximum absolute atomic E-state index is 6.12. The molecule has 27 heavy (non-hydrogen) atoms. The van der Waals surface area contributed by atoms with Crippen LogP contribution in [0.4, 0.5) is 5.69 Å². The molecular formula is C24H20N2O. The summed E-state index contributed by atoms with van der Waals surface area (Å²) in [4.78, 5) is 0. The van der Waals surface area contributed by atoms with E-state index in [1.807, 2.05) is 54.6 Å². The van der Waals surface area contributed by atoms with Gasteiger partial charge in [0.15, 0.2) is 0 Å². The summed E-state index contributed by atoms with van der Waals surface area (Å²) in [6, 6.07) is 32.4. The summed E-state index contributed by atoms with van der Waals surface area (Å²) in [5.74, 6) is 0.809. The lowest BCUT2D eigenvalue weighted by atomic mass is 10.1. The second-order valence-corrected chi connectivity index (χ2v) is 6.20. The Hall–Kier alpha value is -3.59. The molecule has 0 atom stereocenters. The van der Waals surface area contributed by atoms with E-state index in [1.165, 1.54) is 16.3 Å². The molecular weight excluding hydrogens is 332 g/mol. The Morgan fingerprint density at radius 2 is 1.48 bits per heavy atom. The highest BCUT2D eigenvalue weighted by Gasteiger charge is 2.04. The number of hydrazone groups is 1. The smallest absolute Gasteiger partial charge is 0.128 e. The molecule has 4 aromatic carbocycles. The quantitative estimate of drug-likeness (QED) is 0.348. The van der Waals surface area contributed by atoms with E-state index in [2.05, 4.69) is 53.0 Å². The van der Waals surface area contributed by atoms with Gasteiger partial charge in [-0.2, -0.15) is 5.10 Å². The first kappa shape index (κ1) is 16.9. The van der Waals surface area contributed by atoms with Crippen molar-refractivity contribution in [2.24, 2.45) is 5.10 Å². The Balaban J connectivity index is 1.49. The van der Waals surface area contributed by atoms with E-state index in [1.54, 1.807) is 6.21 Å². The Kier molecular flexibility index (Phi) is 5.11. The summed E-state index contributed by atoms with van der Waals surface area (Å²) in [6.45, 7) is 0.512. The first-order valence-corrected chi connectivity index (χ1v) is 8.93. The third kappa shape index (κ3) is 4.15. The molecule has 0 saturated carbocycles. The van der Waals surface area contributed by atoms with Crippen molar-refractivity contribution in [1.82, 2.24) is 0 Å². The number of para-hydroxylation sites is 2. The maximum Gasteiger partial charge on any atom is 0.128 e. The molecule has 0 amide bonds. The van der Waals surface area contributed by atoms with Crippen molar-refractivity contribution in [1.29, 1.82) is 0 Å². The molecule has 3 nitrogen and oxygen atoms in total. The van der Waals surface area contributed by atoms with Crippen molar-refractivity contribution < 1.29 is 4.74 Å². The normalized spacial score (nSPS) is 11.0. The number of hydrogen-bond acceptors (Lipinski definition) is 3. The molecule has 1 N–H and O–H groups in total. The molecule has 0 aliphatic carbocycles. The van der Waals surface area contributed by atoms with Gasteiger partial charge in [-0.15, -0.1) is 0 Å². The second-order valence-electron chi connectivity index (χ2n) is 6.20. The summed E-state index contributed by atoms with van der Waals surface area (Å²) >= 11 is 0. The van der Waals surface area contributed by atoms with E-state index in [0.29, 0.717) is 6.61 Å². The van der Waals surface area contributed by atoms with Gasteiger partial charge in [0.1, 0.15) is 12.4 Å². The van der Waals surface area contributed by atoms with Gasteiger partial charge in [-0.25, -0.2) is 0 Å². The summed E-state index contributed by atoms with van der Waals surface area (Å²) in [7, 11) is 0. The highest BCUT2D eigenvalue weighted by Crippen LogP contribution is 2.22. The fourth-order valence-corrected chi connectivity index (χ4v) is 2.98. The maximum atomic E-state index is 6.12. The van der Waals surface area contributed by atoms with Crippen LogP contribution in [0.25, 0.3) is 10.8 Å². The van der Waals surface area contributed by atoms with Crippen molar-refractivity contribution in [3.63, 3.8) is 0 Å². The van der Waals surface area contributed by atoms with Gasteiger partial charge >= 0.3 is 0 Å². The molecule has 0 aromatic heterocycles. The first-order chi connectivity index (χ1) is 13.4. The van der Waals surface area contributed by atoms with Gasteiger partial charge in [0.05, 0.1) is 11.9 Å². The monoisotopic (exact) mass is 352 g/mol. The van der Waals surface area contributed by atoms with Gasteiger partial charge < -0.3 is 4.74 Å². The van der Waals surface area contributed by atoms with Crippen molar-refractivity contribution in [3.8, 4) is 5.75 Å². The SMILES string of the molecule is C(=N/Nc1ccccc1)/c1ccccc1OCc1cccc2ccccc12. The Morgan fingerprint density at radius 1 is 0.741 bits per heavy atom. The van der Waals surface area contributed by atoms with Crippen LogP contribution in [-0.2, 0) is 6.61 Å². The minimum atomic E-state index is 0.512. The van der Waals surface area contributed by atoms with Crippen LogP contribution in [0.5, 0.6) is 5.75 Å². The molecule has 4 rings (SSSR count). The zero-order valence-corrected chi connectivity index (χ0v) is 14.9. The van der Waals surface area contributed by atoms with Crippen LogP contribution in [0.2, 0.25) is 0 Å². The lowest BCUT2D eigenvalue weighted by Crippen LogP contribution is -1.99. The number of benzene rings is 4. The molecule has 0 saturated heterocycles. The number of rotatable bonds is 6. The topological polar surface area (TPSA) is 33.6 Å². The van der Waals surface area contributed by atoms with E-state index in [-0.39, 0.29) is 0 Å².